The van der Waals surface area contributed by atoms with Crippen molar-refractivity contribution in [1.82, 2.24) is 14.7 Å². The van der Waals surface area contributed by atoms with Crippen LogP contribution < -0.4 is 0 Å². The van der Waals surface area contributed by atoms with Crippen molar-refractivity contribution in [3.8, 4) is 0 Å². The van der Waals surface area contributed by atoms with Gasteiger partial charge in [-0.15, -0.1) is 0 Å². The Hall–Kier alpha value is -1.40. The van der Waals surface area contributed by atoms with Crippen molar-refractivity contribution in [3.05, 3.63) is 52.3 Å². The van der Waals surface area contributed by atoms with E-state index in [-0.39, 0.29) is 6.10 Å². The van der Waals surface area contributed by atoms with Gasteiger partial charge in [-0.2, -0.15) is 5.10 Å². The molecular weight excluding hydrogens is 410 g/mol. The van der Waals surface area contributed by atoms with Crippen LogP contribution in [-0.4, -0.2) is 56.7 Å². The number of hydrogen-bond donors (Lipinski definition) is 1. The van der Waals surface area contributed by atoms with Crippen molar-refractivity contribution in [2.45, 2.75) is 82.6 Å². The van der Waals surface area contributed by atoms with Crippen LogP contribution in [0.25, 0.3) is 0 Å². The van der Waals surface area contributed by atoms with E-state index in [1.54, 1.807) is 0 Å². The van der Waals surface area contributed by atoms with Crippen LogP contribution >= 0.6 is 11.6 Å². The van der Waals surface area contributed by atoms with Gasteiger partial charge in [0.15, 0.2) is 0 Å². The fraction of sp³-hybridized carbons (Fsp3) is 0.640. The number of ether oxygens (including phenoxy) is 1. The summed E-state index contributed by atoms with van der Waals surface area (Å²) in [6, 6.07) is 11.2. The Morgan fingerprint density at radius 2 is 1.84 bits per heavy atom. The van der Waals surface area contributed by atoms with Crippen molar-refractivity contribution in [2.75, 3.05) is 13.2 Å². The van der Waals surface area contributed by atoms with E-state index in [4.69, 9.17) is 21.4 Å². The lowest BCUT2D eigenvalue weighted by Crippen LogP contribution is -2.59. The number of rotatable bonds is 5. The normalized spacial score (nSPS) is 28.1. The molecule has 2 aromatic rings. The zero-order valence-electron chi connectivity index (χ0n) is 19.2. The summed E-state index contributed by atoms with van der Waals surface area (Å²) in [5, 5.41) is 16.1. The first-order chi connectivity index (χ1) is 14.7. The van der Waals surface area contributed by atoms with E-state index in [9.17, 15) is 5.11 Å². The average Bonchev–Trinajstić information content (AvgIpc) is 3.08. The molecule has 2 fully saturated rings. The lowest BCUT2D eigenvalue weighted by Gasteiger charge is -2.48. The van der Waals surface area contributed by atoms with Gasteiger partial charge in [0.25, 0.3) is 0 Å². The summed E-state index contributed by atoms with van der Waals surface area (Å²) >= 11 is 6.08. The largest absolute Gasteiger partial charge is 0.388 e. The molecule has 31 heavy (non-hydrogen) atoms. The molecule has 1 N–H and O–H groups in total. The average molecular weight is 446 g/mol. The molecule has 1 aliphatic heterocycles. The van der Waals surface area contributed by atoms with Gasteiger partial charge in [0.05, 0.1) is 24.0 Å². The number of hydrogen-bond acceptors (Lipinski definition) is 4. The van der Waals surface area contributed by atoms with Crippen LogP contribution in [0.15, 0.2) is 30.3 Å². The molecule has 6 heteroatoms. The summed E-state index contributed by atoms with van der Waals surface area (Å²) in [4.78, 5) is 2.63. The highest BCUT2D eigenvalue weighted by Gasteiger charge is 2.40. The van der Waals surface area contributed by atoms with E-state index in [1.165, 1.54) is 29.8 Å². The number of morpholine rings is 1. The lowest BCUT2D eigenvalue weighted by atomic mass is 9.82. The molecule has 4 rings (SSSR count). The number of aromatic nitrogens is 2. The van der Waals surface area contributed by atoms with E-state index < -0.39 is 5.60 Å². The van der Waals surface area contributed by atoms with Gasteiger partial charge in [0.2, 0.25) is 0 Å². The van der Waals surface area contributed by atoms with Crippen molar-refractivity contribution in [2.24, 2.45) is 7.05 Å². The highest BCUT2D eigenvalue weighted by atomic mass is 35.5. The second kappa shape index (κ2) is 9.22. The first kappa shape index (κ1) is 22.8. The van der Waals surface area contributed by atoms with Gasteiger partial charge in [-0.3, -0.25) is 9.58 Å². The van der Waals surface area contributed by atoms with Crippen molar-refractivity contribution >= 4 is 11.6 Å². The van der Waals surface area contributed by atoms with Crippen LogP contribution in [0.5, 0.6) is 0 Å². The standard InChI is InChI=1S/C25H36ClN3O2/c1-17-13-23(27-28(17)4)19-7-11-21(12-8-19)29-15-24(25(2,3)30)31-16-22(29)14-18-5-9-20(26)10-6-18/h5-6,9-10,13,19,21-22,24,30H,7-8,11-12,14-16H2,1-4H3/t19?,21?,22-,24+/m0/s1. The number of aliphatic hydroxyl groups is 1. The van der Waals surface area contributed by atoms with Gasteiger partial charge in [-0.1, -0.05) is 23.7 Å². The van der Waals surface area contributed by atoms with Gasteiger partial charge in [0.1, 0.15) is 0 Å². The molecule has 5 nitrogen and oxygen atoms in total. The minimum Gasteiger partial charge on any atom is -0.388 e. The summed E-state index contributed by atoms with van der Waals surface area (Å²) < 4.78 is 8.13. The molecule has 170 valence electrons. The van der Waals surface area contributed by atoms with Gasteiger partial charge < -0.3 is 9.84 Å². The maximum atomic E-state index is 10.6. The summed E-state index contributed by atoms with van der Waals surface area (Å²) in [5.74, 6) is 0.553. The first-order valence-corrected chi connectivity index (χ1v) is 11.9. The summed E-state index contributed by atoms with van der Waals surface area (Å²) in [6.07, 6.45) is 5.44. The SMILES string of the molecule is Cc1cc(C2CCC(N3C[C@H](C(C)(C)O)OC[C@@H]3Cc3ccc(Cl)cc3)CC2)nn1C. The van der Waals surface area contributed by atoms with Crippen LogP contribution in [0.3, 0.4) is 0 Å². The fourth-order valence-electron chi connectivity index (χ4n) is 5.15. The molecule has 1 aromatic heterocycles. The quantitative estimate of drug-likeness (QED) is 0.736. The Balaban J connectivity index is 1.46. The Kier molecular flexibility index (Phi) is 6.78. The Morgan fingerprint density at radius 1 is 1.16 bits per heavy atom. The van der Waals surface area contributed by atoms with Crippen LogP contribution in [0.2, 0.25) is 5.02 Å². The molecule has 2 atom stereocenters. The third-order valence-corrected chi connectivity index (χ3v) is 7.48. The second-order valence-electron chi connectivity index (χ2n) is 10.00. The van der Waals surface area contributed by atoms with E-state index in [2.05, 4.69) is 30.0 Å². The predicted octanol–water partition coefficient (Wildman–Crippen LogP) is 4.49. The molecule has 2 heterocycles. The van der Waals surface area contributed by atoms with E-state index in [0.717, 1.165) is 30.8 Å². The number of benzene rings is 1. The molecule has 1 aliphatic carbocycles. The van der Waals surface area contributed by atoms with Gasteiger partial charge in [-0.25, -0.2) is 0 Å². The number of halogens is 1. The van der Waals surface area contributed by atoms with Crippen molar-refractivity contribution < 1.29 is 9.84 Å². The summed E-state index contributed by atoms with van der Waals surface area (Å²) in [7, 11) is 2.02. The molecule has 0 radical (unpaired) electrons. The second-order valence-corrected chi connectivity index (χ2v) is 10.4. The van der Waals surface area contributed by atoms with Crippen LogP contribution in [-0.2, 0) is 18.2 Å². The van der Waals surface area contributed by atoms with E-state index in [1.807, 2.05) is 37.7 Å². The highest BCUT2D eigenvalue weighted by molar-refractivity contribution is 6.30. The number of aryl methyl sites for hydroxylation is 2. The summed E-state index contributed by atoms with van der Waals surface area (Å²) in [6.45, 7) is 7.26. The number of nitrogens with zero attached hydrogens (tertiary/aromatic N) is 3. The van der Waals surface area contributed by atoms with Crippen LogP contribution in [0, 0.1) is 6.92 Å². The van der Waals surface area contributed by atoms with E-state index in [0.29, 0.717) is 24.6 Å². The molecule has 2 aliphatic rings. The predicted molar refractivity (Wildman–Crippen MR) is 125 cm³/mol. The molecule has 0 unspecified atom stereocenters. The maximum Gasteiger partial charge on any atom is 0.0983 e. The lowest BCUT2D eigenvalue weighted by molar-refractivity contribution is -0.155. The van der Waals surface area contributed by atoms with E-state index >= 15 is 0 Å². The Morgan fingerprint density at radius 3 is 2.42 bits per heavy atom. The van der Waals surface area contributed by atoms with Crippen molar-refractivity contribution in [3.63, 3.8) is 0 Å². The molecule has 0 spiro atoms. The molecule has 1 aromatic carbocycles. The fourth-order valence-corrected chi connectivity index (χ4v) is 5.28. The third-order valence-electron chi connectivity index (χ3n) is 7.22. The van der Waals surface area contributed by atoms with Gasteiger partial charge in [0, 0.05) is 42.3 Å². The minimum absolute atomic E-state index is 0.162. The topological polar surface area (TPSA) is 50.5 Å². The molecule has 0 bridgehead atoms. The van der Waals surface area contributed by atoms with Crippen LogP contribution in [0.1, 0.15) is 62.4 Å². The molecule has 1 saturated carbocycles. The highest BCUT2D eigenvalue weighted by Crippen LogP contribution is 2.37. The minimum atomic E-state index is -0.841. The van der Waals surface area contributed by atoms with Gasteiger partial charge >= 0.3 is 0 Å². The molecule has 0 amide bonds. The van der Waals surface area contributed by atoms with Crippen molar-refractivity contribution in [1.29, 1.82) is 0 Å². The zero-order valence-corrected chi connectivity index (χ0v) is 20.0. The molecular formula is C25H36ClN3O2. The Bertz CT molecular complexity index is 846. The molecule has 1 saturated heterocycles. The zero-order chi connectivity index (χ0) is 22.2. The monoisotopic (exact) mass is 445 g/mol. The first-order valence-electron chi connectivity index (χ1n) is 11.6. The third kappa shape index (κ3) is 5.33. The smallest absolute Gasteiger partial charge is 0.0983 e. The van der Waals surface area contributed by atoms with Crippen LogP contribution in [0.4, 0.5) is 0 Å². The Labute approximate surface area is 191 Å². The maximum absolute atomic E-state index is 10.6. The summed E-state index contributed by atoms with van der Waals surface area (Å²) in [5.41, 5.74) is 2.91. The van der Waals surface area contributed by atoms with Gasteiger partial charge in [-0.05, 0) is 76.6 Å².